The molecule has 0 fully saturated rings. The van der Waals surface area contributed by atoms with Gasteiger partial charge in [0, 0.05) is 6.61 Å². The van der Waals surface area contributed by atoms with Gasteiger partial charge in [-0.1, -0.05) is 0 Å². The normalized spacial score (nSPS) is 9.23. The van der Waals surface area contributed by atoms with Crippen LogP contribution >= 0.6 is 0 Å². The van der Waals surface area contributed by atoms with Crippen molar-refractivity contribution in [2.45, 2.75) is 46.8 Å². The van der Waals surface area contributed by atoms with Gasteiger partial charge in [0.2, 0.25) is 0 Å². The number of hydrogen-bond acceptors (Lipinski definition) is 4. The fourth-order valence-electron chi connectivity index (χ4n) is 0.413. The van der Waals surface area contributed by atoms with E-state index in [0.717, 1.165) is 0 Å². The van der Waals surface area contributed by atoms with Gasteiger partial charge >= 0.3 is 9.17 Å². The largest absolute Gasteiger partial charge is 0.767 e. The van der Waals surface area contributed by atoms with Crippen LogP contribution < -0.4 is 0 Å². The number of aliphatic hydroxyl groups is 1. The van der Waals surface area contributed by atoms with E-state index in [-0.39, 0.29) is 18.8 Å². The Morgan fingerprint density at radius 1 is 1.15 bits per heavy atom. The highest BCUT2D eigenvalue weighted by atomic mass is 28.3. The molecule has 0 aromatic carbocycles. The molecule has 0 aliphatic carbocycles. The van der Waals surface area contributed by atoms with Gasteiger partial charge in [0.25, 0.3) is 0 Å². The number of aliphatic hydroxyl groups excluding tert-OH is 1. The van der Waals surface area contributed by atoms with Gasteiger partial charge in [0.05, 0.1) is 12.2 Å². The van der Waals surface area contributed by atoms with E-state index in [1.54, 1.807) is 6.92 Å². The minimum Gasteiger partial charge on any atom is -0.494 e. The molecule has 0 heterocycles. The van der Waals surface area contributed by atoms with E-state index in [9.17, 15) is 4.46 Å². The summed E-state index contributed by atoms with van der Waals surface area (Å²) in [5.74, 6) is 0. The summed E-state index contributed by atoms with van der Waals surface area (Å²) in [4.78, 5) is 0. The highest BCUT2D eigenvalue weighted by Crippen LogP contribution is 1.92. The third-order valence-corrected chi connectivity index (χ3v) is 1.99. The van der Waals surface area contributed by atoms with Crippen LogP contribution in [0.3, 0.4) is 0 Å². The van der Waals surface area contributed by atoms with Crippen LogP contribution in [0.5, 0.6) is 0 Å². The molecular formula is C8H20O4Si. The van der Waals surface area contributed by atoms with Gasteiger partial charge in [-0.15, -0.1) is 0 Å². The molecule has 0 saturated carbocycles. The van der Waals surface area contributed by atoms with Gasteiger partial charge in [-0.05, 0) is 34.6 Å². The van der Waals surface area contributed by atoms with Crippen molar-refractivity contribution in [1.29, 1.82) is 0 Å². The summed E-state index contributed by atoms with van der Waals surface area (Å²) < 4.78 is 20.6. The fourth-order valence-corrected chi connectivity index (χ4v) is 1.24. The highest BCUT2D eigenvalue weighted by molar-refractivity contribution is 6.26. The van der Waals surface area contributed by atoms with E-state index < -0.39 is 9.17 Å². The van der Waals surface area contributed by atoms with E-state index in [2.05, 4.69) is 0 Å². The maximum absolute atomic E-state index is 10.8. The molecule has 1 N–H and O–H groups in total. The van der Waals surface area contributed by atoms with Crippen molar-refractivity contribution in [2.75, 3.05) is 6.61 Å². The molecule has 4 nitrogen and oxygen atoms in total. The third-order valence-electron chi connectivity index (χ3n) is 0.664. The molecule has 80 valence electrons. The lowest BCUT2D eigenvalue weighted by molar-refractivity contribution is 0.109. The predicted molar refractivity (Wildman–Crippen MR) is 51.6 cm³/mol. The Labute approximate surface area is 81.8 Å². The first-order chi connectivity index (χ1) is 5.93. The second kappa shape index (κ2) is 9.66. The summed E-state index contributed by atoms with van der Waals surface area (Å²) in [5, 5.41) is 7.57. The lowest BCUT2D eigenvalue weighted by atomic mass is 10.5. The summed E-state index contributed by atoms with van der Waals surface area (Å²) in [7, 11) is -2.24. The Kier molecular flexibility index (Phi) is 11.2. The van der Waals surface area contributed by atoms with Crippen LogP contribution in [0.15, 0.2) is 0 Å². The molecular weight excluding hydrogens is 188 g/mol. The van der Waals surface area contributed by atoms with Crippen LogP contribution in [0, 0.1) is 0 Å². The van der Waals surface area contributed by atoms with Crippen molar-refractivity contribution in [3.8, 4) is 0 Å². The zero-order chi connectivity index (χ0) is 10.9. The molecule has 13 heavy (non-hydrogen) atoms. The van der Waals surface area contributed by atoms with Crippen molar-refractivity contribution in [3.63, 3.8) is 0 Å². The van der Waals surface area contributed by atoms with E-state index in [1.165, 1.54) is 0 Å². The van der Waals surface area contributed by atoms with Crippen molar-refractivity contribution in [2.24, 2.45) is 0 Å². The lowest BCUT2D eigenvalue weighted by Gasteiger charge is -2.09. The molecule has 0 amide bonds. The first-order valence-electron chi connectivity index (χ1n) is 4.42. The standard InChI is InChI=1S/C6H14O3Si.C2H6O/c1-5(2)8-10(7)9-6(3)4;1-2-3/h5-6H,1-4H3;3H,2H2,1H3. The van der Waals surface area contributed by atoms with Gasteiger partial charge in [0.1, 0.15) is 0 Å². The summed E-state index contributed by atoms with van der Waals surface area (Å²) in [6, 6.07) is 0. The minimum absolute atomic E-state index is 0.0230. The van der Waals surface area contributed by atoms with E-state index in [4.69, 9.17) is 14.0 Å². The summed E-state index contributed by atoms with van der Waals surface area (Å²) in [6.45, 7) is 9.23. The molecule has 0 bridgehead atoms. The van der Waals surface area contributed by atoms with Gasteiger partial charge in [-0.3, -0.25) is 4.46 Å². The molecule has 0 aliphatic heterocycles. The second-order valence-corrected chi connectivity index (χ2v) is 3.87. The van der Waals surface area contributed by atoms with Crippen LogP contribution in [0.25, 0.3) is 0 Å². The SMILES string of the molecule is CC(C)O[Si](=O)OC(C)C.CCO. The fraction of sp³-hybridized carbons (Fsp3) is 1.00. The van der Waals surface area contributed by atoms with Crippen LogP contribution in [-0.2, 0) is 13.3 Å². The Hall–Kier alpha value is -0.423. The van der Waals surface area contributed by atoms with E-state index in [1.807, 2.05) is 27.7 Å². The molecule has 0 aromatic rings. The first kappa shape index (κ1) is 15.1. The van der Waals surface area contributed by atoms with E-state index >= 15 is 0 Å². The summed E-state index contributed by atoms with van der Waals surface area (Å²) in [5.41, 5.74) is 0. The zero-order valence-corrected chi connectivity index (χ0v) is 10.0. The molecule has 0 aliphatic rings. The molecule has 0 saturated heterocycles. The molecule has 0 radical (unpaired) electrons. The Bertz CT molecular complexity index is 113. The molecule has 5 heteroatoms. The Morgan fingerprint density at radius 2 is 1.38 bits per heavy atom. The van der Waals surface area contributed by atoms with Crippen molar-refractivity contribution in [3.05, 3.63) is 0 Å². The number of hydrogen-bond donors (Lipinski definition) is 1. The van der Waals surface area contributed by atoms with Crippen LogP contribution in [0.2, 0.25) is 0 Å². The maximum Gasteiger partial charge on any atom is 0.767 e. The quantitative estimate of drug-likeness (QED) is 0.706. The van der Waals surface area contributed by atoms with Gasteiger partial charge in [-0.25, -0.2) is 0 Å². The van der Waals surface area contributed by atoms with Gasteiger partial charge < -0.3 is 14.0 Å². The number of rotatable bonds is 4. The van der Waals surface area contributed by atoms with Crippen LogP contribution in [0.1, 0.15) is 34.6 Å². The summed E-state index contributed by atoms with van der Waals surface area (Å²) >= 11 is 0. The molecule has 0 unspecified atom stereocenters. The molecule has 0 spiro atoms. The van der Waals surface area contributed by atoms with Crippen molar-refractivity contribution < 1.29 is 18.4 Å². The van der Waals surface area contributed by atoms with E-state index in [0.29, 0.717) is 0 Å². The van der Waals surface area contributed by atoms with Crippen LogP contribution in [0.4, 0.5) is 0 Å². The van der Waals surface area contributed by atoms with Crippen molar-refractivity contribution in [1.82, 2.24) is 0 Å². The average Bonchev–Trinajstić information content (AvgIpc) is 1.83. The van der Waals surface area contributed by atoms with Gasteiger partial charge in [-0.2, -0.15) is 0 Å². The third kappa shape index (κ3) is 18.5. The molecule has 0 aromatic heterocycles. The predicted octanol–water partition coefficient (Wildman–Crippen LogP) is 1.25. The van der Waals surface area contributed by atoms with Gasteiger partial charge in [0.15, 0.2) is 0 Å². The minimum atomic E-state index is -2.24. The Morgan fingerprint density at radius 3 is 1.54 bits per heavy atom. The second-order valence-electron chi connectivity index (χ2n) is 2.90. The first-order valence-corrected chi connectivity index (χ1v) is 5.64. The highest BCUT2D eigenvalue weighted by Gasteiger charge is 2.13. The monoisotopic (exact) mass is 208 g/mol. The lowest BCUT2D eigenvalue weighted by Crippen LogP contribution is -2.20. The van der Waals surface area contributed by atoms with Crippen LogP contribution in [-0.4, -0.2) is 33.1 Å². The Balaban J connectivity index is 0. The topological polar surface area (TPSA) is 55.8 Å². The molecule has 0 atom stereocenters. The average molecular weight is 208 g/mol. The maximum atomic E-state index is 10.8. The smallest absolute Gasteiger partial charge is 0.494 e. The molecule has 0 rings (SSSR count). The zero-order valence-electron chi connectivity index (χ0n) is 9.03. The summed E-state index contributed by atoms with van der Waals surface area (Å²) in [6.07, 6.45) is -0.0460. The van der Waals surface area contributed by atoms with Crippen molar-refractivity contribution >= 4 is 9.17 Å².